The first-order chi connectivity index (χ1) is 9.56. The highest BCUT2D eigenvalue weighted by molar-refractivity contribution is 6.42. The monoisotopic (exact) mass is 308 g/mol. The van der Waals surface area contributed by atoms with Crippen molar-refractivity contribution in [2.24, 2.45) is 0 Å². The Kier molecular flexibility index (Phi) is 4.53. The van der Waals surface area contributed by atoms with Crippen molar-refractivity contribution in [3.63, 3.8) is 0 Å². The minimum absolute atomic E-state index is 0.391. The highest BCUT2D eigenvalue weighted by Gasteiger charge is 2.15. The molecule has 1 heterocycles. The normalized spacial score (nSPS) is 10.5. The standard InChI is InChI=1S/C14H14Cl2N4/c1-2-3-13-10(7-17)14(18)20(19-13)8-9-4-5-11(15)12(16)6-9/h4-6H,2-3,8,18H2,1H3. The van der Waals surface area contributed by atoms with Gasteiger partial charge in [0.25, 0.3) is 0 Å². The molecule has 20 heavy (non-hydrogen) atoms. The quantitative estimate of drug-likeness (QED) is 0.937. The molecule has 2 aromatic rings. The third-order valence-corrected chi connectivity index (χ3v) is 3.72. The van der Waals surface area contributed by atoms with E-state index in [0.717, 1.165) is 24.1 Å². The summed E-state index contributed by atoms with van der Waals surface area (Å²) in [6.45, 7) is 2.50. The van der Waals surface area contributed by atoms with Crippen LogP contribution in [0.3, 0.4) is 0 Å². The van der Waals surface area contributed by atoms with Crippen LogP contribution in [-0.4, -0.2) is 9.78 Å². The van der Waals surface area contributed by atoms with Gasteiger partial charge in [0, 0.05) is 0 Å². The van der Waals surface area contributed by atoms with E-state index in [1.807, 2.05) is 13.0 Å². The number of anilines is 1. The molecule has 0 saturated carbocycles. The maximum absolute atomic E-state index is 9.16. The van der Waals surface area contributed by atoms with Gasteiger partial charge in [0.1, 0.15) is 17.5 Å². The fourth-order valence-electron chi connectivity index (χ4n) is 1.99. The first kappa shape index (κ1) is 14.7. The molecule has 0 aliphatic rings. The van der Waals surface area contributed by atoms with E-state index in [0.29, 0.717) is 28.0 Å². The number of aryl methyl sites for hydroxylation is 1. The van der Waals surface area contributed by atoms with E-state index in [9.17, 15) is 0 Å². The summed E-state index contributed by atoms with van der Waals surface area (Å²) in [5.74, 6) is 0.391. The van der Waals surface area contributed by atoms with Crippen LogP contribution >= 0.6 is 23.2 Å². The van der Waals surface area contributed by atoms with E-state index < -0.39 is 0 Å². The van der Waals surface area contributed by atoms with Gasteiger partial charge in [0.2, 0.25) is 0 Å². The van der Waals surface area contributed by atoms with Crippen LogP contribution in [0.5, 0.6) is 0 Å². The third kappa shape index (κ3) is 2.90. The lowest BCUT2D eigenvalue weighted by molar-refractivity contribution is 0.676. The summed E-state index contributed by atoms with van der Waals surface area (Å²) in [5, 5.41) is 14.6. The van der Waals surface area contributed by atoms with E-state index in [2.05, 4.69) is 11.2 Å². The largest absolute Gasteiger partial charge is 0.383 e. The van der Waals surface area contributed by atoms with Crippen molar-refractivity contribution in [1.82, 2.24) is 9.78 Å². The Morgan fingerprint density at radius 3 is 2.70 bits per heavy atom. The lowest BCUT2D eigenvalue weighted by atomic mass is 10.2. The molecule has 104 valence electrons. The van der Waals surface area contributed by atoms with Gasteiger partial charge in [-0.3, -0.25) is 0 Å². The summed E-state index contributed by atoms with van der Waals surface area (Å²) in [6, 6.07) is 7.49. The molecule has 2 N–H and O–H groups in total. The number of nitrogen functional groups attached to an aromatic ring is 1. The Balaban J connectivity index is 2.34. The lowest BCUT2D eigenvalue weighted by Crippen LogP contribution is -2.06. The fourth-order valence-corrected chi connectivity index (χ4v) is 2.31. The Hall–Kier alpha value is -1.70. The second kappa shape index (κ2) is 6.17. The molecule has 0 amide bonds. The maximum atomic E-state index is 9.16. The van der Waals surface area contributed by atoms with Crippen molar-refractivity contribution in [2.75, 3.05) is 5.73 Å². The van der Waals surface area contributed by atoms with Crippen LogP contribution in [0, 0.1) is 11.3 Å². The molecule has 4 nitrogen and oxygen atoms in total. The van der Waals surface area contributed by atoms with Gasteiger partial charge in [-0.05, 0) is 24.1 Å². The highest BCUT2D eigenvalue weighted by Crippen LogP contribution is 2.24. The molecular weight excluding hydrogens is 295 g/mol. The van der Waals surface area contributed by atoms with Gasteiger partial charge in [0.05, 0.1) is 22.3 Å². The Bertz CT molecular complexity index is 671. The molecule has 1 aromatic heterocycles. The molecule has 2 rings (SSSR count). The molecule has 0 radical (unpaired) electrons. The van der Waals surface area contributed by atoms with E-state index in [-0.39, 0.29) is 0 Å². The predicted molar refractivity (Wildman–Crippen MR) is 80.9 cm³/mol. The zero-order valence-electron chi connectivity index (χ0n) is 11.0. The topological polar surface area (TPSA) is 67.6 Å². The molecule has 0 aliphatic heterocycles. The van der Waals surface area contributed by atoms with E-state index >= 15 is 0 Å². The number of nitriles is 1. The molecule has 0 spiro atoms. The summed E-state index contributed by atoms with van der Waals surface area (Å²) < 4.78 is 1.63. The smallest absolute Gasteiger partial charge is 0.140 e. The van der Waals surface area contributed by atoms with Gasteiger partial charge >= 0.3 is 0 Å². The third-order valence-electron chi connectivity index (χ3n) is 2.98. The zero-order chi connectivity index (χ0) is 14.7. The number of aromatic nitrogens is 2. The average molecular weight is 309 g/mol. The summed E-state index contributed by atoms with van der Waals surface area (Å²) in [7, 11) is 0. The zero-order valence-corrected chi connectivity index (χ0v) is 12.5. The SMILES string of the molecule is CCCc1nn(Cc2ccc(Cl)c(Cl)c2)c(N)c1C#N. The molecule has 0 unspecified atom stereocenters. The predicted octanol–water partition coefficient (Wildman–Crippen LogP) is 3.64. The molecule has 0 aliphatic carbocycles. The van der Waals surface area contributed by atoms with Crippen molar-refractivity contribution in [2.45, 2.75) is 26.3 Å². The first-order valence-electron chi connectivity index (χ1n) is 6.26. The molecular formula is C14H14Cl2N4. The van der Waals surface area contributed by atoms with Gasteiger partial charge in [-0.25, -0.2) is 4.68 Å². The Labute approximate surface area is 127 Å². The lowest BCUT2D eigenvalue weighted by Gasteiger charge is -2.05. The number of nitrogens with zero attached hydrogens (tertiary/aromatic N) is 3. The minimum atomic E-state index is 0.391. The number of benzene rings is 1. The van der Waals surface area contributed by atoms with Crippen molar-refractivity contribution in [3.8, 4) is 6.07 Å². The second-order valence-corrected chi connectivity index (χ2v) is 5.29. The van der Waals surface area contributed by atoms with E-state index in [1.165, 1.54) is 0 Å². The van der Waals surface area contributed by atoms with Crippen LogP contribution < -0.4 is 5.73 Å². The summed E-state index contributed by atoms with van der Waals surface area (Å²) in [4.78, 5) is 0. The molecule has 1 aromatic carbocycles. The van der Waals surface area contributed by atoms with Crippen molar-refractivity contribution >= 4 is 29.0 Å². The first-order valence-corrected chi connectivity index (χ1v) is 7.01. The average Bonchev–Trinajstić information content (AvgIpc) is 2.70. The highest BCUT2D eigenvalue weighted by atomic mass is 35.5. The van der Waals surface area contributed by atoms with Gasteiger partial charge in [-0.15, -0.1) is 0 Å². The molecule has 0 atom stereocenters. The molecule has 0 fully saturated rings. The number of rotatable bonds is 4. The van der Waals surface area contributed by atoms with Gasteiger partial charge in [0.15, 0.2) is 0 Å². The van der Waals surface area contributed by atoms with Gasteiger partial charge < -0.3 is 5.73 Å². The number of hydrogen-bond donors (Lipinski definition) is 1. The Morgan fingerprint density at radius 2 is 2.10 bits per heavy atom. The van der Waals surface area contributed by atoms with Crippen LogP contribution in [-0.2, 0) is 13.0 Å². The summed E-state index contributed by atoms with van der Waals surface area (Å²) in [5.41, 5.74) is 8.12. The molecule has 0 bridgehead atoms. The fraction of sp³-hybridized carbons (Fsp3) is 0.286. The maximum Gasteiger partial charge on any atom is 0.140 e. The van der Waals surface area contributed by atoms with E-state index in [1.54, 1.807) is 16.8 Å². The number of hydrogen-bond acceptors (Lipinski definition) is 3. The van der Waals surface area contributed by atoms with Crippen LogP contribution in [0.4, 0.5) is 5.82 Å². The van der Waals surface area contributed by atoms with Crippen molar-refractivity contribution in [3.05, 3.63) is 45.1 Å². The van der Waals surface area contributed by atoms with Crippen molar-refractivity contribution in [1.29, 1.82) is 5.26 Å². The van der Waals surface area contributed by atoms with Gasteiger partial charge in [-0.1, -0.05) is 42.6 Å². The van der Waals surface area contributed by atoms with Crippen molar-refractivity contribution < 1.29 is 0 Å². The van der Waals surface area contributed by atoms with E-state index in [4.69, 9.17) is 34.2 Å². The number of nitrogens with two attached hydrogens (primary N) is 1. The summed E-state index contributed by atoms with van der Waals surface area (Å²) in [6.07, 6.45) is 1.65. The van der Waals surface area contributed by atoms with Crippen LogP contribution in [0.2, 0.25) is 10.0 Å². The van der Waals surface area contributed by atoms with Gasteiger partial charge in [-0.2, -0.15) is 10.4 Å². The van der Waals surface area contributed by atoms with Crippen LogP contribution in [0.1, 0.15) is 30.2 Å². The second-order valence-electron chi connectivity index (χ2n) is 4.47. The molecule has 0 saturated heterocycles. The number of halogens is 2. The minimum Gasteiger partial charge on any atom is -0.383 e. The summed E-state index contributed by atoms with van der Waals surface area (Å²) >= 11 is 11.9. The molecule has 6 heteroatoms. The van der Waals surface area contributed by atoms with Crippen LogP contribution in [0.15, 0.2) is 18.2 Å². The van der Waals surface area contributed by atoms with Crippen LogP contribution in [0.25, 0.3) is 0 Å². The Morgan fingerprint density at radius 1 is 1.35 bits per heavy atom.